The summed E-state index contributed by atoms with van der Waals surface area (Å²) >= 11 is 0. The van der Waals surface area contributed by atoms with E-state index in [9.17, 15) is 4.57 Å². The molecule has 1 rings (SSSR count). The summed E-state index contributed by atoms with van der Waals surface area (Å²) in [5.41, 5.74) is 0. The van der Waals surface area contributed by atoms with Gasteiger partial charge >= 0.3 is 7.67 Å². The third-order valence-electron chi connectivity index (χ3n) is 4.54. The molecule has 0 bridgehead atoms. The first-order valence-electron chi connectivity index (χ1n) is 10.0. The lowest BCUT2D eigenvalue weighted by molar-refractivity contribution is 0.294. The molecular formula is C18H39N2O2P. The van der Waals surface area contributed by atoms with Crippen LogP contribution in [0.25, 0.3) is 0 Å². The molecule has 1 aliphatic rings. The monoisotopic (exact) mass is 346 g/mol. The molecule has 0 unspecified atom stereocenters. The van der Waals surface area contributed by atoms with Crippen molar-refractivity contribution in [3.8, 4) is 0 Å². The first-order valence-corrected chi connectivity index (χ1v) is 11.6. The Labute approximate surface area is 144 Å². The molecule has 0 aromatic heterocycles. The topological polar surface area (TPSA) is 50.4 Å². The molecule has 1 fully saturated rings. The average Bonchev–Trinajstić information content (AvgIpc) is 2.98. The molecule has 4 nitrogen and oxygen atoms in total. The number of unbranched alkanes of at least 4 members (excludes halogenated alkanes) is 13. The van der Waals surface area contributed by atoms with Crippen molar-refractivity contribution < 1.29 is 9.09 Å². The van der Waals surface area contributed by atoms with E-state index in [1.165, 1.54) is 83.5 Å². The molecule has 5 heteroatoms. The van der Waals surface area contributed by atoms with Crippen molar-refractivity contribution in [2.45, 2.75) is 96.8 Å². The summed E-state index contributed by atoms with van der Waals surface area (Å²) in [6.45, 7) is 4.38. The smallest absolute Gasteiger partial charge is 0.306 e. The van der Waals surface area contributed by atoms with Gasteiger partial charge < -0.3 is 4.52 Å². The van der Waals surface area contributed by atoms with Crippen molar-refractivity contribution in [3.63, 3.8) is 0 Å². The Morgan fingerprint density at radius 1 is 0.696 bits per heavy atom. The first-order chi connectivity index (χ1) is 11.3. The van der Waals surface area contributed by atoms with Gasteiger partial charge in [0, 0.05) is 13.1 Å². The van der Waals surface area contributed by atoms with Gasteiger partial charge in [-0.2, -0.15) is 0 Å². The van der Waals surface area contributed by atoms with Crippen molar-refractivity contribution in [2.24, 2.45) is 0 Å². The zero-order valence-corrected chi connectivity index (χ0v) is 16.2. The van der Waals surface area contributed by atoms with Crippen LogP contribution in [-0.4, -0.2) is 19.7 Å². The highest BCUT2D eigenvalue weighted by molar-refractivity contribution is 7.55. The van der Waals surface area contributed by atoms with Gasteiger partial charge in [-0.25, -0.2) is 10.2 Å². The quantitative estimate of drug-likeness (QED) is 0.274. The van der Waals surface area contributed by atoms with E-state index in [0.29, 0.717) is 6.61 Å². The van der Waals surface area contributed by atoms with E-state index in [2.05, 4.69) is 17.1 Å². The zero-order valence-electron chi connectivity index (χ0n) is 15.3. The van der Waals surface area contributed by atoms with Gasteiger partial charge in [0.05, 0.1) is 6.61 Å². The summed E-state index contributed by atoms with van der Waals surface area (Å²) in [6, 6.07) is 0. The van der Waals surface area contributed by atoms with Crippen LogP contribution in [0.15, 0.2) is 0 Å². The molecule has 0 spiro atoms. The Morgan fingerprint density at radius 3 is 1.52 bits per heavy atom. The fraction of sp³-hybridized carbons (Fsp3) is 1.00. The molecule has 1 heterocycles. The second-order valence-electron chi connectivity index (χ2n) is 6.80. The summed E-state index contributed by atoms with van der Waals surface area (Å²) in [4.78, 5) is 0. The molecule has 23 heavy (non-hydrogen) atoms. The molecule has 0 radical (unpaired) electrons. The predicted molar refractivity (Wildman–Crippen MR) is 99.9 cm³/mol. The van der Waals surface area contributed by atoms with Crippen molar-refractivity contribution in [1.82, 2.24) is 10.2 Å². The fourth-order valence-corrected chi connectivity index (χ4v) is 4.54. The van der Waals surface area contributed by atoms with Crippen molar-refractivity contribution >= 4 is 7.67 Å². The highest BCUT2D eigenvalue weighted by Crippen LogP contribution is 2.39. The maximum atomic E-state index is 11.9. The summed E-state index contributed by atoms with van der Waals surface area (Å²) in [7, 11) is -2.66. The van der Waals surface area contributed by atoms with Crippen molar-refractivity contribution in [1.29, 1.82) is 0 Å². The second-order valence-corrected chi connectivity index (χ2v) is 8.79. The maximum absolute atomic E-state index is 11.9. The number of hydrogen-bond donors (Lipinski definition) is 2. The van der Waals surface area contributed by atoms with Crippen molar-refractivity contribution in [2.75, 3.05) is 19.7 Å². The normalized spacial score (nSPS) is 16.9. The molecule has 0 atom stereocenters. The molecule has 0 aliphatic carbocycles. The van der Waals surface area contributed by atoms with E-state index in [4.69, 9.17) is 4.52 Å². The maximum Gasteiger partial charge on any atom is 0.340 e. The molecule has 1 saturated heterocycles. The summed E-state index contributed by atoms with van der Waals surface area (Å²) in [5, 5.41) is 5.81. The summed E-state index contributed by atoms with van der Waals surface area (Å²) in [5.74, 6) is 0. The Kier molecular flexibility index (Phi) is 13.3. The van der Waals surface area contributed by atoms with E-state index < -0.39 is 7.67 Å². The van der Waals surface area contributed by atoms with Crippen LogP contribution >= 0.6 is 7.67 Å². The lowest BCUT2D eigenvalue weighted by Gasteiger charge is -2.11. The van der Waals surface area contributed by atoms with Gasteiger partial charge in [-0.15, -0.1) is 0 Å². The van der Waals surface area contributed by atoms with Gasteiger partial charge in [-0.1, -0.05) is 90.4 Å². The van der Waals surface area contributed by atoms with Crippen LogP contribution in [0.5, 0.6) is 0 Å². The number of hydrogen-bond acceptors (Lipinski definition) is 2. The van der Waals surface area contributed by atoms with Crippen LogP contribution in [0, 0.1) is 0 Å². The average molecular weight is 346 g/mol. The second kappa shape index (κ2) is 14.5. The van der Waals surface area contributed by atoms with E-state index in [-0.39, 0.29) is 0 Å². The van der Waals surface area contributed by atoms with Gasteiger partial charge in [0.15, 0.2) is 0 Å². The summed E-state index contributed by atoms with van der Waals surface area (Å²) < 4.78 is 17.3. The SMILES string of the molecule is CCCCCCCCCCCCCCCCOP1(=O)NCCN1. The van der Waals surface area contributed by atoms with Gasteiger partial charge in [0.1, 0.15) is 0 Å². The van der Waals surface area contributed by atoms with E-state index >= 15 is 0 Å². The largest absolute Gasteiger partial charge is 0.340 e. The van der Waals surface area contributed by atoms with Crippen LogP contribution in [-0.2, 0) is 9.09 Å². The predicted octanol–water partition coefficient (Wildman–Crippen LogP) is 5.79. The lowest BCUT2D eigenvalue weighted by Crippen LogP contribution is -2.10. The Morgan fingerprint density at radius 2 is 1.09 bits per heavy atom. The third kappa shape index (κ3) is 12.2. The number of rotatable bonds is 16. The van der Waals surface area contributed by atoms with Gasteiger partial charge in [-0.3, -0.25) is 4.57 Å². The minimum atomic E-state index is -2.66. The van der Waals surface area contributed by atoms with Gasteiger partial charge in [-0.05, 0) is 6.42 Å². The molecule has 0 amide bonds. The Hall–Kier alpha value is 0.110. The van der Waals surface area contributed by atoms with E-state index in [0.717, 1.165) is 19.5 Å². The van der Waals surface area contributed by atoms with Crippen LogP contribution in [0.4, 0.5) is 0 Å². The Bertz CT molecular complexity index is 303. The molecular weight excluding hydrogens is 307 g/mol. The molecule has 2 N–H and O–H groups in total. The molecule has 0 saturated carbocycles. The molecule has 138 valence electrons. The first kappa shape index (κ1) is 21.2. The molecule has 1 aliphatic heterocycles. The van der Waals surface area contributed by atoms with E-state index in [1.54, 1.807) is 0 Å². The van der Waals surface area contributed by atoms with Crippen LogP contribution in [0.1, 0.15) is 96.8 Å². The van der Waals surface area contributed by atoms with Gasteiger partial charge in [0.2, 0.25) is 0 Å². The summed E-state index contributed by atoms with van der Waals surface area (Å²) in [6.07, 6.45) is 18.9. The molecule has 0 aromatic carbocycles. The van der Waals surface area contributed by atoms with Crippen molar-refractivity contribution in [3.05, 3.63) is 0 Å². The fourth-order valence-electron chi connectivity index (χ4n) is 3.04. The minimum absolute atomic E-state index is 0.606. The van der Waals surface area contributed by atoms with Gasteiger partial charge in [0.25, 0.3) is 0 Å². The highest BCUT2D eigenvalue weighted by atomic mass is 31.2. The Balaban J connectivity index is 1.71. The van der Waals surface area contributed by atoms with E-state index in [1.807, 2.05) is 0 Å². The molecule has 0 aromatic rings. The van der Waals surface area contributed by atoms with Crippen LogP contribution in [0.2, 0.25) is 0 Å². The highest BCUT2D eigenvalue weighted by Gasteiger charge is 2.26. The van der Waals surface area contributed by atoms with Crippen LogP contribution in [0.3, 0.4) is 0 Å². The zero-order chi connectivity index (χ0) is 16.6. The van der Waals surface area contributed by atoms with Crippen LogP contribution < -0.4 is 10.2 Å². The minimum Gasteiger partial charge on any atom is -0.306 e. The lowest BCUT2D eigenvalue weighted by atomic mass is 10.0. The third-order valence-corrected chi connectivity index (χ3v) is 6.36. The standard InChI is InChI=1S/C18H39N2O2P/c1-2-3-4-5-6-7-8-9-10-11-12-13-14-15-18-22-23(21)19-16-17-20-23/h2-18H2,1H3,(H2,19,20,21). The number of nitrogens with one attached hydrogen (secondary N) is 2.